The zero-order valence-electron chi connectivity index (χ0n) is 15.0. The number of methoxy groups -OCH3 is 1. The van der Waals surface area contributed by atoms with Crippen molar-refractivity contribution in [2.45, 2.75) is 63.5 Å². The summed E-state index contributed by atoms with van der Waals surface area (Å²) in [6.45, 7) is 7.72. The Bertz CT molecular complexity index is 515. The van der Waals surface area contributed by atoms with Gasteiger partial charge in [0.05, 0.1) is 6.61 Å². The van der Waals surface area contributed by atoms with Crippen LogP contribution in [0.15, 0.2) is 18.2 Å². The maximum absolute atomic E-state index is 6.69. The molecule has 2 rings (SSSR count). The molecular weight excluding hydrogens is 288 g/mol. The summed E-state index contributed by atoms with van der Waals surface area (Å²) in [4.78, 5) is 0. The Labute approximate surface area is 140 Å². The summed E-state index contributed by atoms with van der Waals surface area (Å²) in [5.41, 5.74) is 14.8. The average Bonchev–Trinajstić information content (AvgIpc) is 2.49. The van der Waals surface area contributed by atoms with E-state index in [-0.39, 0.29) is 17.0 Å². The van der Waals surface area contributed by atoms with Crippen LogP contribution in [0.4, 0.5) is 0 Å². The van der Waals surface area contributed by atoms with Gasteiger partial charge in [-0.15, -0.1) is 0 Å². The highest BCUT2D eigenvalue weighted by Gasteiger charge is 2.33. The molecule has 0 saturated heterocycles. The van der Waals surface area contributed by atoms with Crippen molar-refractivity contribution in [3.8, 4) is 5.75 Å². The minimum Gasteiger partial charge on any atom is -0.491 e. The van der Waals surface area contributed by atoms with E-state index in [1.54, 1.807) is 7.11 Å². The minimum absolute atomic E-state index is 0.0254. The molecular formula is C19H32N2O2. The van der Waals surface area contributed by atoms with Gasteiger partial charge in [-0.1, -0.05) is 32.9 Å². The smallest absolute Gasteiger partial charge is 0.123 e. The molecule has 4 nitrogen and oxygen atoms in total. The average molecular weight is 320 g/mol. The molecule has 0 radical (unpaired) electrons. The van der Waals surface area contributed by atoms with Gasteiger partial charge in [-0.05, 0) is 48.3 Å². The highest BCUT2D eigenvalue weighted by Crippen LogP contribution is 2.39. The molecule has 0 atom stereocenters. The lowest BCUT2D eigenvalue weighted by atomic mass is 9.75. The van der Waals surface area contributed by atoms with Gasteiger partial charge in [0.1, 0.15) is 12.4 Å². The van der Waals surface area contributed by atoms with Gasteiger partial charge in [0.25, 0.3) is 0 Å². The number of rotatable bonds is 5. The van der Waals surface area contributed by atoms with Crippen molar-refractivity contribution < 1.29 is 9.47 Å². The highest BCUT2D eigenvalue weighted by molar-refractivity contribution is 5.44. The van der Waals surface area contributed by atoms with Crippen LogP contribution in [0.2, 0.25) is 0 Å². The second-order valence-electron chi connectivity index (χ2n) is 7.80. The lowest BCUT2D eigenvalue weighted by molar-refractivity contribution is 0.145. The summed E-state index contributed by atoms with van der Waals surface area (Å²) in [5.74, 6) is 0.923. The fourth-order valence-corrected chi connectivity index (χ4v) is 3.25. The van der Waals surface area contributed by atoms with E-state index in [1.807, 2.05) is 0 Å². The zero-order chi connectivity index (χ0) is 17.1. The van der Waals surface area contributed by atoms with Crippen molar-refractivity contribution in [2.24, 2.45) is 11.5 Å². The van der Waals surface area contributed by atoms with E-state index in [1.165, 1.54) is 5.56 Å². The molecule has 1 fully saturated rings. The fourth-order valence-electron chi connectivity index (χ4n) is 3.25. The van der Waals surface area contributed by atoms with Crippen molar-refractivity contribution in [3.63, 3.8) is 0 Å². The van der Waals surface area contributed by atoms with Crippen LogP contribution in [0.3, 0.4) is 0 Å². The Morgan fingerprint density at radius 2 is 1.83 bits per heavy atom. The maximum Gasteiger partial charge on any atom is 0.123 e. The van der Waals surface area contributed by atoms with Gasteiger partial charge in [-0.3, -0.25) is 0 Å². The molecule has 0 bridgehead atoms. The van der Waals surface area contributed by atoms with Gasteiger partial charge in [-0.2, -0.15) is 0 Å². The number of nitrogens with two attached hydrogens (primary N) is 2. The third-order valence-corrected chi connectivity index (χ3v) is 4.83. The molecule has 0 aromatic heterocycles. The van der Waals surface area contributed by atoms with Crippen LogP contribution in [0.5, 0.6) is 5.75 Å². The summed E-state index contributed by atoms with van der Waals surface area (Å²) >= 11 is 0. The zero-order valence-corrected chi connectivity index (χ0v) is 15.0. The third kappa shape index (κ3) is 4.46. The molecule has 1 aliphatic rings. The lowest BCUT2D eigenvalue weighted by Crippen LogP contribution is -2.43. The molecule has 130 valence electrons. The van der Waals surface area contributed by atoms with Crippen LogP contribution < -0.4 is 16.2 Å². The third-order valence-electron chi connectivity index (χ3n) is 4.83. The first-order valence-electron chi connectivity index (χ1n) is 8.57. The van der Waals surface area contributed by atoms with E-state index in [0.717, 1.165) is 37.0 Å². The summed E-state index contributed by atoms with van der Waals surface area (Å²) in [6, 6.07) is 6.76. The van der Waals surface area contributed by atoms with Crippen LogP contribution in [0.25, 0.3) is 0 Å². The molecule has 0 spiro atoms. The molecule has 0 aliphatic heterocycles. The van der Waals surface area contributed by atoms with Crippen LogP contribution in [-0.4, -0.2) is 26.4 Å². The largest absolute Gasteiger partial charge is 0.491 e. The van der Waals surface area contributed by atoms with Crippen molar-refractivity contribution in [1.82, 2.24) is 0 Å². The van der Waals surface area contributed by atoms with Gasteiger partial charge < -0.3 is 20.9 Å². The number of hydrogen-bond acceptors (Lipinski definition) is 4. The molecule has 0 heterocycles. The number of ether oxygens (including phenoxy) is 2. The van der Waals surface area contributed by atoms with Crippen molar-refractivity contribution in [2.75, 3.05) is 20.3 Å². The monoisotopic (exact) mass is 320 g/mol. The predicted molar refractivity (Wildman–Crippen MR) is 94.8 cm³/mol. The summed E-state index contributed by atoms with van der Waals surface area (Å²) in [7, 11) is 1.69. The number of hydrogen-bond donors (Lipinski definition) is 2. The Morgan fingerprint density at radius 3 is 2.39 bits per heavy atom. The molecule has 0 amide bonds. The van der Waals surface area contributed by atoms with Crippen LogP contribution in [0, 0.1) is 0 Å². The molecule has 4 heteroatoms. The molecule has 23 heavy (non-hydrogen) atoms. The van der Waals surface area contributed by atoms with E-state index in [2.05, 4.69) is 39.0 Å². The van der Waals surface area contributed by atoms with E-state index in [9.17, 15) is 0 Å². The van der Waals surface area contributed by atoms with Gasteiger partial charge in [-0.25, -0.2) is 0 Å². The molecule has 1 aromatic carbocycles. The van der Waals surface area contributed by atoms with Gasteiger partial charge in [0.15, 0.2) is 0 Å². The predicted octanol–water partition coefficient (Wildman–Crippen LogP) is 3.06. The van der Waals surface area contributed by atoms with E-state index in [4.69, 9.17) is 20.9 Å². The van der Waals surface area contributed by atoms with Crippen LogP contribution >= 0.6 is 0 Å². The summed E-state index contributed by atoms with van der Waals surface area (Å²) in [6.07, 6.45) is 3.83. The fraction of sp³-hybridized carbons (Fsp3) is 0.684. The Kier molecular flexibility index (Phi) is 5.71. The van der Waals surface area contributed by atoms with E-state index < -0.39 is 0 Å². The van der Waals surface area contributed by atoms with Gasteiger partial charge in [0, 0.05) is 18.7 Å². The first-order valence-corrected chi connectivity index (χ1v) is 8.57. The van der Waals surface area contributed by atoms with Gasteiger partial charge >= 0.3 is 0 Å². The summed E-state index contributed by atoms with van der Waals surface area (Å²) < 4.78 is 11.1. The standard InChI is InChI=1S/C19H32N2O2/c1-18(2,3)16-6-5-14(13-17(16)23-12-11-22-4)19(21)9-7-15(20)8-10-19/h5-6,13,15H,7-12,20-21H2,1-4H3. The summed E-state index contributed by atoms with van der Waals surface area (Å²) in [5, 5.41) is 0. The number of benzene rings is 1. The molecule has 0 unspecified atom stereocenters. The van der Waals surface area contributed by atoms with Crippen LogP contribution in [0.1, 0.15) is 57.6 Å². The normalized spacial score (nSPS) is 25.4. The SMILES string of the molecule is COCCOc1cc(C2(N)CCC(N)CC2)ccc1C(C)(C)C. The first-order chi connectivity index (χ1) is 10.8. The Hall–Kier alpha value is -1.10. The minimum atomic E-state index is -0.286. The van der Waals surface area contributed by atoms with Crippen molar-refractivity contribution in [3.05, 3.63) is 29.3 Å². The Balaban J connectivity index is 2.29. The quantitative estimate of drug-likeness (QED) is 0.818. The van der Waals surface area contributed by atoms with Crippen molar-refractivity contribution in [1.29, 1.82) is 0 Å². The van der Waals surface area contributed by atoms with Crippen LogP contribution in [-0.2, 0) is 15.7 Å². The molecule has 1 aliphatic carbocycles. The Morgan fingerprint density at radius 1 is 1.17 bits per heavy atom. The topological polar surface area (TPSA) is 70.5 Å². The molecule has 1 aromatic rings. The molecule has 4 N–H and O–H groups in total. The van der Waals surface area contributed by atoms with E-state index >= 15 is 0 Å². The van der Waals surface area contributed by atoms with Gasteiger partial charge in [0.2, 0.25) is 0 Å². The van der Waals surface area contributed by atoms with E-state index in [0.29, 0.717) is 13.2 Å². The maximum atomic E-state index is 6.69. The molecule has 1 saturated carbocycles. The second kappa shape index (κ2) is 7.20. The van der Waals surface area contributed by atoms with Crippen molar-refractivity contribution >= 4 is 0 Å². The first kappa shape index (κ1) is 18.2. The lowest BCUT2D eigenvalue weighted by Gasteiger charge is -2.37. The highest BCUT2D eigenvalue weighted by atomic mass is 16.5. The second-order valence-corrected chi connectivity index (χ2v) is 7.80.